The molecule has 1 atom stereocenters. The van der Waals surface area contributed by atoms with Crippen LogP contribution in [0.5, 0.6) is 5.75 Å². The van der Waals surface area contributed by atoms with Crippen molar-refractivity contribution in [2.24, 2.45) is 5.41 Å². The van der Waals surface area contributed by atoms with Gasteiger partial charge in [-0.05, 0) is 61.4 Å². The molecule has 8 rings (SSSR count). The number of carbonyl (C=O) groups excluding carboxylic acids is 2. The van der Waals surface area contributed by atoms with E-state index in [4.69, 9.17) is 14.5 Å². The normalized spacial score (nSPS) is 21.3. The van der Waals surface area contributed by atoms with E-state index in [2.05, 4.69) is 64.4 Å². The van der Waals surface area contributed by atoms with Gasteiger partial charge in [0.25, 0.3) is 5.91 Å². The zero-order valence-corrected chi connectivity index (χ0v) is 31.9. The van der Waals surface area contributed by atoms with E-state index in [-0.39, 0.29) is 17.9 Å². The Hall–Kier alpha value is -4.94. The topological polar surface area (TPSA) is 129 Å². The zero-order valence-electron chi connectivity index (χ0n) is 31.9. The largest absolute Gasteiger partial charge is 0.491 e. The Morgan fingerprint density at radius 3 is 2.63 bits per heavy atom. The van der Waals surface area contributed by atoms with E-state index < -0.39 is 0 Å². The monoisotopic (exact) mass is 734 g/mol. The van der Waals surface area contributed by atoms with Gasteiger partial charge in [0.15, 0.2) is 17.4 Å². The highest BCUT2D eigenvalue weighted by molar-refractivity contribution is 6.08. The number of nitrogens with one attached hydrogen (secondary N) is 1. The molecule has 0 radical (unpaired) electrons. The van der Waals surface area contributed by atoms with Crippen LogP contribution in [-0.4, -0.2) is 106 Å². The van der Waals surface area contributed by atoms with Crippen molar-refractivity contribution in [3.8, 4) is 5.75 Å². The number of aliphatic hydroxyl groups excluding tert-OH is 1. The molecule has 0 saturated carbocycles. The van der Waals surface area contributed by atoms with Crippen LogP contribution in [0.15, 0.2) is 54.3 Å². The third-order valence-electron chi connectivity index (χ3n) is 11.4. The average molecular weight is 735 g/mol. The number of piperazine rings is 1. The van der Waals surface area contributed by atoms with E-state index in [9.17, 15) is 14.7 Å². The van der Waals surface area contributed by atoms with Crippen LogP contribution < -0.4 is 19.9 Å². The molecular formula is C41H50N8O5. The second kappa shape index (κ2) is 14.4. The van der Waals surface area contributed by atoms with Crippen LogP contribution in [-0.2, 0) is 35.5 Å². The number of allylic oxidation sites excluding steroid dienone is 2. The van der Waals surface area contributed by atoms with E-state index in [0.717, 1.165) is 68.9 Å². The predicted molar refractivity (Wildman–Crippen MR) is 207 cm³/mol. The maximum absolute atomic E-state index is 14.4. The number of hydrogen-bond donors (Lipinski definition) is 2. The van der Waals surface area contributed by atoms with Gasteiger partial charge in [-0.1, -0.05) is 20.8 Å². The smallest absolute Gasteiger partial charge is 0.280 e. The molecule has 0 aromatic carbocycles. The molecule has 3 aromatic rings. The van der Waals surface area contributed by atoms with Crippen molar-refractivity contribution < 1.29 is 24.2 Å². The SMILES string of the molecule is CCCOc1c2c(n3c1C(=O)N(c1nccc(C4=CN(C)C(=C=O)C(Nc5ccc(N6CCN(C7COC7)C[C@@H]6C)cn5)=C4)c1CO)CC3)CC(C)(C)C2. The van der Waals surface area contributed by atoms with Gasteiger partial charge in [-0.25, -0.2) is 14.8 Å². The first-order valence-electron chi connectivity index (χ1n) is 19.1. The van der Waals surface area contributed by atoms with Crippen LogP contribution in [0.1, 0.15) is 67.0 Å². The molecule has 1 amide bonds. The number of ether oxygens (including phenoxy) is 2. The summed E-state index contributed by atoms with van der Waals surface area (Å²) in [6.45, 7) is 14.5. The lowest BCUT2D eigenvalue weighted by atomic mass is 9.90. The number of rotatable bonds is 10. The molecule has 5 aliphatic rings. The van der Waals surface area contributed by atoms with Crippen LogP contribution >= 0.6 is 0 Å². The maximum atomic E-state index is 14.4. The second-order valence-electron chi connectivity index (χ2n) is 15.9. The molecule has 13 heteroatoms. The number of amides is 1. The highest BCUT2D eigenvalue weighted by Crippen LogP contribution is 2.46. The second-order valence-corrected chi connectivity index (χ2v) is 15.9. The average Bonchev–Trinajstić information content (AvgIpc) is 3.60. The van der Waals surface area contributed by atoms with E-state index in [1.54, 1.807) is 23.0 Å². The third kappa shape index (κ3) is 6.38. The predicted octanol–water partition coefficient (Wildman–Crippen LogP) is 4.25. The number of hydrogen-bond acceptors (Lipinski definition) is 11. The Kier molecular flexibility index (Phi) is 9.60. The minimum Gasteiger partial charge on any atom is -0.491 e. The van der Waals surface area contributed by atoms with Crippen molar-refractivity contribution in [1.82, 2.24) is 24.3 Å². The zero-order chi connectivity index (χ0) is 37.7. The molecule has 13 nitrogen and oxygen atoms in total. The van der Waals surface area contributed by atoms with Gasteiger partial charge in [0, 0.05) is 80.6 Å². The lowest BCUT2D eigenvalue weighted by Gasteiger charge is -2.46. The van der Waals surface area contributed by atoms with E-state index in [1.165, 1.54) is 5.69 Å². The van der Waals surface area contributed by atoms with Gasteiger partial charge in [-0.2, -0.15) is 0 Å². The van der Waals surface area contributed by atoms with Gasteiger partial charge in [-0.15, -0.1) is 0 Å². The Bertz CT molecular complexity index is 2060. The maximum Gasteiger partial charge on any atom is 0.280 e. The standard InChI is InChI=1S/C41H50N8O5/c1-6-15-54-38-31-17-41(3,4)18-34(31)48-13-14-49(40(52)37(38)48)39-32(22-50)30(9-10-42-39)27-16-33(35(23-51)45(5)21-27)44-36-8-7-28(19-43-36)47-12-11-46(20-26(47)2)29-24-53-25-29/h7-10,16,19,21,26,29,50H,6,11-15,17-18,20,22,24-25H2,1-5H3,(H,43,44)/t26-/m0/s1. The lowest BCUT2D eigenvalue weighted by Crippen LogP contribution is -2.59. The molecule has 2 N–H and O–H groups in total. The molecule has 3 aromatic heterocycles. The molecule has 4 aliphatic heterocycles. The van der Waals surface area contributed by atoms with Crippen LogP contribution in [0.4, 0.5) is 17.3 Å². The highest BCUT2D eigenvalue weighted by Gasteiger charge is 2.42. The summed E-state index contributed by atoms with van der Waals surface area (Å²) in [7, 11) is 1.78. The summed E-state index contributed by atoms with van der Waals surface area (Å²) in [6, 6.07) is 6.68. The van der Waals surface area contributed by atoms with Crippen molar-refractivity contribution >= 4 is 34.7 Å². The first-order chi connectivity index (χ1) is 26.1. The van der Waals surface area contributed by atoms with Crippen molar-refractivity contribution in [3.63, 3.8) is 0 Å². The summed E-state index contributed by atoms with van der Waals surface area (Å²) >= 11 is 0. The van der Waals surface area contributed by atoms with Crippen LogP contribution in [0.25, 0.3) is 5.57 Å². The summed E-state index contributed by atoms with van der Waals surface area (Å²) in [5.41, 5.74) is 6.83. The number of aliphatic hydroxyl groups is 1. The van der Waals surface area contributed by atoms with Gasteiger partial charge in [-0.3, -0.25) is 14.6 Å². The number of aromatic nitrogens is 3. The number of anilines is 3. The number of likely N-dealkylation sites (N-methyl/N-ethyl adjacent to an activating group) is 1. The summed E-state index contributed by atoms with van der Waals surface area (Å²) in [6.07, 6.45) is 9.80. The molecule has 1 aliphatic carbocycles. The van der Waals surface area contributed by atoms with Crippen LogP contribution in [0.3, 0.4) is 0 Å². The Balaban J connectivity index is 1.05. The Morgan fingerprint density at radius 1 is 1.11 bits per heavy atom. The molecule has 0 spiro atoms. The number of nitrogens with zero attached hydrogens (tertiary/aromatic N) is 7. The van der Waals surface area contributed by atoms with Gasteiger partial charge < -0.3 is 34.3 Å². The molecule has 2 saturated heterocycles. The number of pyridine rings is 2. The van der Waals surface area contributed by atoms with E-state index >= 15 is 0 Å². The lowest BCUT2D eigenvalue weighted by molar-refractivity contribution is -0.0691. The van der Waals surface area contributed by atoms with E-state index in [0.29, 0.717) is 77.4 Å². The summed E-state index contributed by atoms with van der Waals surface area (Å²) in [5.74, 6) is 3.57. The summed E-state index contributed by atoms with van der Waals surface area (Å²) in [4.78, 5) is 44.3. The molecule has 2 fully saturated rings. The molecular weight excluding hydrogens is 685 g/mol. The fraction of sp³-hybridized carbons (Fsp3) is 0.488. The van der Waals surface area contributed by atoms with Crippen molar-refractivity contribution in [2.45, 2.75) is 72.2 Å². The third-order valence-corrected chi connectivity index (χ3v) is 11.4. The summed E-state index contributed by atoms with van der Waals surface area (Å²) < 4.78 is 13.9. The van der Waals surface area contributed by atoms with Gasteiger partial charge >= 0.3 is 0 Å². The fourth-order valence-electron chi connectivity index (χ4n) is 8.66. The number of carbonyl (C=O) groups is 1. The Morgan fingerprint density at radius 2 is 1.94 bits per heavy atom. The minimum absolute atomic E-state index is 0.109. The first-order valence-corrected chi connectivity index (χ1v) is 19.1. The van der Waals surface area contributed by atoms with Crippen LogP contribution in [0, 0.1) is 5.41 Å². The van der Waals surface area contributed by atoms with Gasteiger partial charge in [0.2, 0.25) is 0 Å². The minimum atomic E-state index is -0.342. The molecule has 7 heterocycles. The highest BCUT2D eigenvalue weighted by atomic mass is 16.5. The fourth-order valence-corrected chi connectivity index (χ4v) is 8.66. The van der Waals surface area contributed by atoms with Gasteiger partial charge in [0.05, 0.1) is 50.1 Å². The van der Waals surface area contributed by atoms with Crippen LogP contribution in [0.2, 0.25) is 0 Å². The van der Waals surface area contributed by atoms with Crippen molar-refractivity contribution in [2.75, 3.05) is 68.2 Å². The van der Waals surface area contributed by atoms with Crippen molar-refractivity contribution in [1.29, 1.82) is 0 Å². The van der Waals surface area contributed by atoms with Crippen molar-refractivity contribution in [3.05, 3.63) is 82.3 Å². The molecule has 0 unspecified atom stereocenters. The molecule has 54 heavy (non-hydrogen) atoms. The van der Waals surface area contributed by atoms with E-state index in [1.807, 2.05) is 30.6 Å². The Labute approximate surface area is 316 Å². The molecule has 0 bridgehead atoms. The first kappa shape index (κ1) is 36.1. The summed E-state index contributed by atoms with van der Waals surface area (Å²) in [5, 5.41) is 14.2. The quantitative estimate of drug-likeness (QED) is 0.290. The molecule has 284 valence electrons. The van der Waals surface area contributed by atoms with Gasteiger partial charge in [0.1, 0.15) is 17.3 Å². The number of fused-ring (bicyclic) bond motifs is 3.